The van der Waals surface area contributed by atoms with Gasteiger partial charge in [0.25, 0.3) is 0 Å². The number of hydrogen-bond donors (Lipinski definition) is 1. The van der Waals surface area contributed by atoms with Crippen LogP contribution in [0, 0.1) is 5.92 Å². The van der Waals surface area contributed by atoms with Gasteiger partial charge in [-0.1, -0.05) is 20.4 Å². The van der Waals surface area contributed by atoms with E-state index >= 15 is 0 Å². The molecule has 1 N–H and O–H groups in total. The van der Waals surface area contributed by atoms with Gasteiger partial charge in [-0.3, -0.25) is 4.79 Å². The van der Waals surface area contributed by atoms with Crippen molar-refractivity contribution < 1.29 is 4.79 Å². The van der Waals surface area contributed by atoms with Crippen molar-refractivity contribution in [2.45, 2.75) is 32.7 Å². The van der Waals surface area contributed by atoms with Crippen molar-refractivity contribution in [1.29, 1.82) is 0 Å². The van der Waals surface area contributed by atoms with Crippen LogP contribution in [0.1, 0.15) is 26.7 Å². The summed E-state index contributed by atoms with van der Waals surface area (Å²) in [5.74, 6) is 0.218. The molecule has 3 nitrogen and oxygen atoms in total. The minimum absolute atomic E-state index is 0.0721. The monoisotopic (exact) mass is 196 g/mol. The molecule has 14 heavy (non-hydrogen) atoms. The molecule has 0 saturated carbocycles. The Labute approximate surface area is 86.2 Å². The zero-order valence-electron chi connectivity index (χ0n) is 9.34. The SMILES string of the molecule is C=C1CC(NC(=O)C(C)C)CCN1C. The van der Waals surface area contributed by atoms with Crippen LogP contribution in [0.25, 0.3) is 0 Å². The molecule has 1 rings (SSSR count). The Morgan fingerprint density at radius 3 is 2.79 bits per heavy atom. The highest BCUT2D eigenvalue weighted by atomic mass is 16.1. The third-order valence-electron chi connectivity index (χ3n) is 2.71. The second kappa shape index (κ2) is 4.49. The Morgan fingerprint density at radius 1 is 1.64 bits per heavy atom. The zero-order chi connectivity index (χ0) is 10.7. The maximum atomic E-state index is 11.4. The van der Waals surface area contributed by atoms with Gasteiger partial charge < -0.3 is 10.2 Å². The van der Waals surface area contributed by atoms with Crippen molar-refractivity contribution in [3.63, 3.8) is 0 Å². The molecule has 1 aliphatic rings. The molecule has 1 fully saturated rings. The van der Waals surface area contributed by atoms with Crippen LogP contribution in [0.15, 0.2) is 12.3 Å². The average Bonchev–Trinajstić information content (AvgIpc) is 2.11. The number of piperidine rings is 1. The van der Waals surface area contributed by atoms with Gasteiger partial charge in [-0.25, -0.2) is 0 Å². The van der Waals surface area contributed by atoms with Gasteiger partial charge in [-0.15, -0.1) is 0 Å². The quantitative estimate of drug-likeness (QED) is 0.723. The summed E-state index contributed by atoms with van der Waals surface area (Å²) in [4.78, 5) is 13.6. The molecule has 0 aliphatic carbocycles. The van der Waals surface area contributed by atoms with Crippen LogP contribution in [-0.4, -0.2) is 30.4 Å². The van der Waals surface area contributed by atoms with E-state index in [1.807, 2.05) is 20.9 Å². The first-order valence-corrected chi connectivity index (χ1v) is 5.20. The van der Waals surface area contributed by atoms with Gasteiger partial charge in [-0.2, -0.15) is 0 Å². The van der Waals surface area contributed by atoms with Gasteiger partial charge >= 0.3 is 0 Å². The predicted octanol–water partition coefficient (Wildman–Crippen LogP) is 1.37. The van der Waals surface area contributed by atoms with Gasteiger partial charge in [0.2, 0.25) is 5.91 Å². The van der Waals surface area contributed by atoms with Crippen molar-refractivity contribution >= 4 is 5.91 Å². The standard InChI is InChI=1S/C11H20N2O/c1-8(2)11(14)12-10-5-6-13(4)9(3)7-10/h8,10H,3,5-7H2,1-2,4H3,(H,12,14). The molecule has 1 saturated heterocycles. The molecule has 1 amide bonds. The molecule has 1 heterocycles. The second-order valence-electron chi connectivity index (χ2n) is 4.34. The minimum atomic E-state index is 0.0721. The first kappa shape index (κ1) is 11.1. The van der Waals surface area contributed by atoms with E-state index in [9.17, 15) is 4.79 Å². The average molecular weight is 196 g/mol. The molecule has 1 aliphatic heterocycles. The molecule has 0 aromatic carbocycles. The van der Waals surface area contributed by atoms with Gasteiger partial charge in [0.05, 0.1) is 0 Å². The van der Waals surface area contributed by atoms with E-state index in [-0.39, 0.29) is 17.9 Å². The molecular formula is C11H20N2O. The highest BCUT2D eigenvalue weighted by Gasteiger charge is 2.21. The lowest BCUT2D eigenvalue weighted by molar-refractivity contribution is -0.124. The molecule has 0 aromatic rings. The van der Waals surface area contributed by atoms with Crippen molar-refractivity contribution in [2.24, 2.45) is 5.92 Å². The normalized spacial score (nSPS) is 22.7. The van der Waals surface area contributed by atoms with Crippen LogP contribution in [-0.2, 0) is 4.79 Å². The predicted molar refractivity (Wildman–Crippen MR) is 57.8 cm³/mol. The van der Waals surface area contributed by atoms with Crippen molar-refractivity contribution in [3.8, 4) is 0 Å². The molecule has 3 heteroatoms. The largest absolute Gasteiger partial charge is 0.378 e. The number of likely N-dealkylation sites (tertiary alicyclic amines) is 1. The van der Waals surface area contributed by atoms with E-state index in [4.69, 9.17) is 0 Å². The summed E-state index contributed by atoms with van der Waals surface area (Å²) in [5.41, 5.74) is 1.12. The van der Waals surface area contributed by atoms with E-state index in [1.165, 1.54) is 0 Å². The van der Waals surface area contributed by atoms with E-state index in [1.54, 1.807) is 0 Å². The lowest BCUT2D eigenvalue weighted by Gasteiger charge is -2.33. The third kappa shape index (κ3) is 2.76. The highest BCUT2D eigenvalue weighted by molar-refractivity contribution is 5.78. The Bertz CT molecular complexity index is 235. The molecular weight excluding hydrogens is 176 g/mol. The van der Waals surface area contributed by atoms with Crippen LogP contribution in [0.4, 0.5) is 0 Å². The number of rotatable bonds is 2. The summed E-state index contributed by atoms with van der Waals surface area (Å²) in [7, 11) is 2.04. The van der Waals surface area contributed by atoms with E-state index in [2.05, 4.69) is 16.8 Å². The molecule has 0 radical (unpaired) electrons. The number of nitrogens with one attached hydrogen (secondary N) is 1. The number of carbonyl (C=O) groups excluding carboxylic acids is 1. The first-order valence-electron chi connectivity index (χ1n) is 5.20. The van der Waals surface area contributed by atoms with Gasteiger partial charge in [0, 0.05) is 37.7 Å². The van der Waals surface area contributed by atoms with Crippen molar-refractivity contribution in [3.05, 3.63) is 12.3 Å². The van der Waals surface area contributed by atoms with E-state index < -0.39 is 0 Å². The van der Waals surface area contributed by atoms with Crippen LogP contribution in [0.2, 0.25) is 0 Å². The van der Waals surface area contributed by atoms with Gasteiger partial charge in [-0.05, 0) is 6.42 Å². The number of hydrogen-bond acceptors (Lipinski definition) is 2. The Hall–Kier alpha value is -0.990. The maximum Gasteiger partial charge on any atom is 0.222 e. The third-order valence-corrected chi connectivity index (χ3v) is 2.71. The fraction of sp³-hybridized carbons (Fsp3) is 0.727. The van der Waals surface area contributed by atoms with Gasteiger partial charge in [0.1, 0.15) is 0 Å². The molecule has 0 spiro atoms. The smallest absolute Gasteiger partial charge is 0.222 e. The lowest BCUT2D eigenvalue weighted by Crippen LogP contribution is -2.43. The van der Waals surface area contributed by atoms with Crippen LogP contribution >= 0.6 is 0 Å². The summed E-state index contributed by atoms with van der Waals surface area (Å²) in [6, 6.07) is 0.286. The molecule has 1 atom stereocenters. The Balaban J connectivity index is 2.40. The van der Waals surface area contributed by atoms with Crippen LogP contribution in [0.3, 0.4) is 0 Å². The summed E-state index contributed by atoms with van der Waals surface area (Å²) in [6.45, 7) is 8.79. The summed E-state index contributed by atoms with van der Waals surface area (Å²) in [6.07, 6.45) is 1.91. The number of nitrogens with zero attached hydrogens (tertiary/aromatic N) is 1. The molecule has 1 unspecified atom stereocenters. The van der Waals surface area contributed by atoms with Gasteiger partial charge in [0.15, 0.2) is 0 Å². The Kier molecular flexibility index (Phi) is 3.55. The van der Waals surface area contributed by atoms with E-state index in [0.717, 1.165) is 25.1 Å². The lowest BCUT2D eigenvalue weighted by atomic mass is 10.0. The first-order chi connectivity index (χ1) is 6.50. The van der Waals surface area contributed by atoms with Crippen molar-refractivity contribution in [1.82, 2.24) is 10.2 Å². The summed E-state index contributed by atoms with van der Waals surface area (Å²) < 4.78 is 0. The van der Waals surface area contributed by atoms with Crippen LogP contribution < -0.4 is 5.32 Å². The summed E-state index contributed by atoms with van der Waals surface area (Å²) >= 11 is 0. The fourth-order valence-electron chi connectivity index (χ4n) is 1.54. The minimum Gasteiger partial charge on any atom is -0.378 e. The number of amides is 1. The topological polar surface area (TPSA) is 32.3 Å². The summed E-state index contributed by atoms with van der Waals surface area (Å²) in [5, 5.41) is 3.04. The molecule has 0 bridgehead atoms. The highest BCUT2D eigenvalue weighted by Crippen LogP contribution is 2.17. The fourth-order valence-corrected chi connectivity index (χ4v) is 1.54. The Morgan fingerprint density at radius 2 is 2.29 bits per heavy atom. The van der Waals surface area contributed by atoms with E-state index in [0.29, 0.717) is 0 Å². The molecule has 80 valence electrons. The maximum absolute atomic E-state index is 11.4. The van der Waals surface area contributed by atoms with Crippen LogP contribution in [0.5, 0.6) is 0 Å². The molecule has 0 aromatic heterocycles. The number of carbonyl (C=O) groups is 1. The second-order valence-corrected chi connectivity index (χ2v) is 4.34. The zero-order valence-corrected chi connectivity index (χ0v) is 9.34. The van der Waals surface area contributed by atoms with Crippen molar-refractivity contribution in [2.75, 3.05) is 13.6 Å².